The smallest absolute Gasteiger partial charge is 0.153 e. The van der Waals surface area contributed by atoms with Crippen LogP contribution in [-0.2, 0) is 13.1 Å². The van der Waals surface area contributed by atoms with Gasteiger partial charge in [-0.1, -0.05) is 25.9 Å². The molecule has 3 N–H and O–H groups in total. The first-order valence-corrected chi connectivity index (χ1v) is 6.12. The fourth-order valence-electron chi connectivity index (χ4n) is 1.65. The van der Waals surface area contributed by atoms with E-state index in [1.54, 1.807) is 6.33 Å². The Kier molecular flexibility index (Phi) is 5.57. The molecule has 1 aromatic rings. The summed E-state index contributed by atoms with van der Waals surface area (Å²) in [5.41, 5.74) is 5.51. The summed E-state index contributed by atoms with van der Waals surface area (Å²) in [5, 5.41) is 15.8. The van der Waals surface area contributed by atoms with Crippen LogP contribution in [0.4, 0.5) is 0 Å². The fourth-order valence-corrected chi connectivity index (χ4v) is 1.65. The molecule has 1 aromatic heterocycles. The second kappa shape index (κ2) is 6.95. The van der Waals surface area contributed by atoms with Crippen LogP contribution in [0.1, 0.15) is 26.6 Å². The molecule has 7 nitrogen and oxygen atoms in total. The van der Waals surface area contributed by atoms with E-state index in [-0.39, 0.29) is 5.84 Å². The van der Waals surface area contributed by atoms with Crippen molar-refractivity contribution < 1.29 is 5.21 Å². The third kappa shape index (κ3) is 4.33. The molecule has 0 unspecified atom stereocenters. The number of oxime groups is 1. The number of amidine groups is 1. The largest absolute Gasteiger partial charge is 0.409 e. The van der Waals surface area contributed by atoms with Crippen LogP contribution >= 0.6 is 0 Å². The van der Waals surface area contributed by atoms with Crippen LogP contribution in [0.3, 0.4) is 0 Å². The maximum atomic E-state index is 8.58. The third-order valence-electron chi connectivity index (χ3n) is 2.56. The molecule has 18 heavy (non-hydrogen) atoms. The molecular formula is C11H22N6O. The van der Waals surface area contributed by atoms with Crippen LogP contribution in [0.25, 0.3) is 0 Å². The second-order valence-electron chi connectivity index (χ2n) is 4.65. The highest BCUT2D eigenvalue weighted by molar-refractivity contribution is 5.81. The molecular weight excluding hydrogens is 232 g/mol. The van der Waals surface area contributed by atoms with Gasteiger partial charge in [-0.2, -0.15) is 5.10 Å². The summed E-state index contributed by atoms with van der Waals surface area (Å²) in [6, 6.07) is 0. The van der Waals surface area contributed by atoms with E-state index >= 15 is 0 Å². The molecule has 0 saturated heterocycles. The number of nitrogens with zero attached hydrogens (tertiary/aromatic N) is 5. The number of nitrogens with two attached hydrogens (primary N) is 1. The van der Waals surface area contributed by atoms with Crippen LogP contribution in [0, 0.1) is 5.92 Å². The van der Waals surface area contributed by atoms with Gasteiger partial charge in [0.15, 0.2) is 5.84 Å². The first-order chi connectivity index (χ1) is 8.56. The Bertz CT molecular complexity index is 387. The first kappa shape index (κ1) is 14.4. The molecule has 0 bridgehead atoms. The minimum atomic E-state index is 0.201. The van der Waals surface area contributed by atoms with E-state index in [4.69, 9.17) is 10.9 Å². The minimum Gasteiger partial charge on any atom is -0.409 e. The highest BCUT2D eigenvalue weighted by Crippen LogP contribution is 2.04. The Morgan fingerprint density at radius 1 is 1.61 bits per heavy atom. The quantitative estimate of drug-likeness (QED) is 0.320. The molecule has 0 saturated carbocycles. The monoisotopic (exact) mass is 254 g/mol. The topological polar surface area (TPSA) is 92.6 Å². The zero-order valence-corrected chi connectivity index (χ0v) is 11.2. The van der Waals surface area contributed by atoms with Crippen molar-refractivity contribution in [2.45, 2.75) is 33.9 Å². The summed E-state index contributed by atoms with van der Waals surface area (Å²) in [4.78, 5) is 6.29. The van der Waals surface area contributed by atoms with Gasteiger partial charge in [-0.25, -0.2) is 9.67 Å². The molecule has 0 fully saturated rings. The molecule has 0 atom stereocenters. The molecule has 102 valence electrons. The van der Waals surface area contributed by atoms with Crippen molar-refractivity contribution in [1.82, 2.24) is 19.7 Å². The van der Waals surface area contributed by atoms with Gasteiger partial charge in [-0.15, -0.1) is 0 Å². The van der Waals surface area contributed by atoms with Crippen LogP contribution < -0.4 is 5.73 Å². The normalized spacial score (nSPS) is 12.6. The van der Waals surface area contributed by atoms with Gasteiger partial charge in [-0.05, 0) is 12.5 Å². The van der Waals surface area contributed by atoms with Gasteiger partial charge in [0.05, 0.1) is 13.1 Å². The molecule has 1 rings (SSSR count). The number of aromatic nitrogens is 3. The summed E-state index contributed by atoms with van der Waals surface area (Å²) in [6.45, 7) is 8.99. The first-order valence-electron chi connectivity index (χ1n) is 6.12. The lowest BCUT2D eigenvalue weighted by molar-refractivity contribution is 0.284. The standard InChI is InChI=1S/C11H22N6O/c1-4-16(6-10(12)15-18)7-11-13-8-14-17(11)5-9(2)3/h8-9,18H,4-7H2,1-3H3,(H2,12,15). The predicted molar refractivity (Wildman–Crippen MR) is 69.2 cm³/mol. The number of likely N-dealkylation sites (N-methyl/N-ethyl adjacent to an activating group) is 1. The lowest BCUT2D eigenvalue weighted by atomic mass is 10.2. The third-order valence-corrected chi connectivity index (χ3v) is 2.56. The van der Waals surface area contributed by atoms with Crippen LogP contribution in [-0.4, -0.2) is 43.8 Å². The minimum absolute atomic E-state index is 0.201. The van der Waals surface area contributed by atoms with Gasteiger partial charge in [-0.3, -0.25) is 4.90 Å². The van der Waals surface area contributed by atoms with Gasteiger partial charge in [0, 0.05) is 6.54 Å². The van der Waals surface area contributed by atoms with Crippen LogP contribution in [0.2, 0.25) is 0 Å². The Labute approximate surface area is 107 Å². The summed E-state index contributed by atoms with van der Waals surface area (Å²) in [7, 11) is 0. The van der Waals surface area contributed by atoms with E-state index in [2.05, 4.69) is 29.1 Å². The molecule has 0 aromatic carbocycles. The Hall–Kier alpha value is -1.63. The lowest BCUT2D eigenvalue weighted by Crippen LogP contribution is -2.34. The molecule has 0 radical (unpaired) electrons. The number of rotatable bonds is 7. The van der Waals surface area contributed by atoms with Crippen LogP contribution in [0.15, 0.2) is 11.5 Å². The lowest BCUT2D eigenvalue weighted by Gasteiger charge is -2.19. The maximum Gasteiger partial charge on any atom is 0.153 e. The van der Waals surface area contributed by atoms with Gasteiger partial charge in [0.2, 0.25) is 0 Å². The van der Waals surface area contributed by atoms with Crippen molar-refractivity contribution in [3.8, 4) is 0 Å². The second-order valence-corrected chi connectivity index (χ2v) is 4.65. The van der Waals surface area contributed by atoms with Crippen molar-refractivity contribution in [1.29, 1.82) is 0 Å². The van der Waals surface area contributed by atoms with Crippen molar-refractivity contribution >= 4 is 5.84 Å². The molecule has 1 heterocycles. The molecule has 0 aliphatic heterocycles. The van der Waals surface area contributed by atoms with Crippen molar-refractivity contribution in [3.63, 3.8) is 0 Å². The SMILES string of the molecule is CCN(CC(N)=NO)Cc1ncnn1CC(C)C. The van der Waals surface area contributed by atoms with E-state index in [9.17, 15) is 0 Å². The number of hydrogen-bond acceptors (Lipinski definition) is 5. The molecule has 0 aliphatic carbocycles. The van der Waals surface area contributed by atoms with Gasteiger partial charge >= 0.3 is 0 Å². The highest BCUT2D eigenvalue weighted by Gasteiger charge is 2.12. The summed E-state index contributed by atoms with van der Waals surface area (Å²) in [6.07, 6.45) is 1.56. The summed E-state index contributed by atoms with van der Waals surface area (Å²) in [5.74, 6) is 1.62. The van der Waals surface area contributed by atoms with E-state index < -0.39 is 0 Å². The zero-order valence-electron chi connectivity index (χ0n) is 11.2. The maximum absolute atomic E-state index is 8.58. The molecule has 0 amide bonds. The molecule has 0 aliphatic rings. The molecule has 7 heteroatoms. The average Bonchev–Trinajstić information content (AvgIpc) is 2.74. The molecule has 0 spiro atoms. The summed E-state index contributed by atoms with van der Waals surface area (Å²) >= 11 is 0. The van der Waals surface area contributed by atoms with Crippen molar-refractivity contribution in [3.05, 3.63) is 12.2 Å². The zero-order chi connectivity index (χ0) is 13.5. The Morgan fingerprint density at radius 2 is 2.33 bits per heavy atom. The van der Waals surface area contributed by atoms with E-state index in [1.165, 1.54) is 0 Å². The van der Waals surface area contributed by atoms with Gasteiger partial charge in [0.1, 0.15) is 12.2 Å². The predicted octanol–water partition coefficient (Wildman–Crippen LogP) is 0.502. The van der Waals surface area contributed by atoms with Crippen LogP contribution in [0.5, 0.6) is 0 Å². The van der Waals surface area contributed by atoms with E-state index in [0.717, 1.165) is 18.9 Å². The summed E-state index contributed by atoms with van der Waals surface area (Å²) < 4.78 is 1.90. The fraction of sp³-hybridized carbons (Fsp3) is 0.727. The van der Waals surface area contributed by atoms with Crippen molar-refractivity contribution in [2.75, 3.05) is 13.1 Å². The van der Waals surface area contributed by atoms with Gasteiger partial charge < -0.3 is 10.9 Å². The number of hydrogen-bond donors (Lipinski definition) is 2. The van der Waals surface area contributed by atoms with Crippen molar-refractivity contribution in [2.24, 2.45) is 16.8 Å². The highest BCUT2D eigenvalue weighted by atomic mass is 16.4. The average molecular weight is 254 g/mol. The van der Waals surface area contributed by atoms with E-state index in [1.807, 2.05) is 16.5 Å². The van der Waals surface area contributed by atoms with Gasteiger partial charge in [0.25, 0.3) is 0 Å². The Morgan fingerprint density at radius 3 is 2.89 bits per heavy atom. The Balaban J connectivity index is 2.67. The van der Waals surface area contributed by atoms with E-state index in [0.29, 0.717) is 19.0 Å².